The second kappa shape index (κ2) is 9.06. The van der Waals surface area contributed by atoms with Crippen LogP contribution in [-0.2, 0) is 11.3 Å². The van der Waals surface area contributed by atoms with Crippen molar-refractivity contribution in [1.82, 2.24) is 4.90 Å². The molecule has 1 aliphatic heterocycles. The topological polar surface area (TPSA) is 54.3 Å². The highest BCUT2D eigenvalue weighted by molar-refractivity contribution is 8.15. The Morgan fingerprint density at radius 3 is 2.52 bits per heavy atom. The molecular formula is C20H20ClN3O2S. The minimum atomic E-state index is -0.118. The summed E-state index contributed by atoms with van der Waals surface area (Å²) >= 11 is 7.34. The monoisotopic (exact) mass is 401 g/mol. The van der Waals surface area contributed by atoms with Crippen molar-refractivity contribution in [2.75, 3.05) is 7.11 Å². The molecule has 0 N–H and O–H groups in total. The Morgan fingerprint density at radius 2 is 1.89 bits per heavy atom. The number of amides is 1. The summed E-state index contributed by atoms with van der Waals surface area (Å²) in [5.74, 6) is 0.854. The van der Waals surface area contributed by atoms with E-state index in [0.717, 1.165) is 23.3 Å². The first-order valence-electron chi connectivity index (χ1n) is 8.58. The van der Waals surface area contributed by atoms with Gasteiger partial charge in [-0.2, -0.15) is 5.10 Å². The summed E-state index contributed by atoms with van der Waals surface area (Å²) in [6.07, 6.45) is 2.40. The third-order valence-electron chi connectivity index (χ3n) is 4.11. The number of amidine groups is 1. The van der Waals surface area contributed by atoms with Gasteiger partial charge in [-0.15, -0.1) is 5.10 Å². The summed E-state index contributed by atoms with van der Waals surface area (Å²) in [7, 11) is 1.63. The fourth-order valence-corrected chi connectivity index (χ4v) is 3.75. The largest absolute Gasteiger partial charge is 0.497 e. The molecule has 7 heteroatoms. The number of rotatable bonds is 6. The molecule has 0 aromatic heterocycles. The van der Waals surface area contributed by atoms with Crippen molar-refractivity contribution >= 4 is 40.7 Å². The van der Waals surface area contributed by atoms with E-state index in [-0.39, 0.29) is 11.2 Å². The number of nitrogens with zero attached hydrogens (tertiary/aromatic N) is 3. The minimum Gasteiger partial charge on any atom is -0.497 e. The Kier molecular flexibility index (Phi) is 6.53. The van der Waals surface area contributed by atoms with Gasteiger partial charge in [0.05, 0.1) is 25.1 Å². The Labute approximate surface area is 168 Å². The lowest BCUT2D eigenvalue weighted by molar-refractivity contribution is -0.126. The molecule has 1 heterocycles. The van der Waals surface area contributed by atoms with Crippen LogP contribution in [0, 0.1) is 0 Å². The number of carbonyl (C=O) groups is 1. The second-order valence-corrected chi connectivity index (χ2v) is 7.57. The predicted octanol–water partition coefficient (Wildman–Crippen LogP) is 4.59. The number of halogens is 1. The van der Waals surface area contributed by atoms with Crippen LogP contribution in [0.3, 0.4) is 0 Å². The molecule has 0 aliphatic carbocycles. The average molecular weight is 402 g/mol. The SMILES string of the molecule is CC[C@@H]1S/C(=N\N=C/c2ccc(Cl)cc2)N(Cc2ccc(OC)cc2)C1=O. The van der Waals surface area contributed by atoms with Gasteiger partial charge in [-0.05, 0) is 41.8 Å². The average Bonchev–Trinajstić information content (AvgIpc) is 2.99. The summed E-state index contributed by atoms with van der Waals surface area (Å²) in [5.41, 5.74) is 1.91. The van der Waals surface area contributed by atoms with Crippen molar-refractivity contribution in [2.45, 2.75) is 25.1 Å². The molecule has 0 saturated carbocycles. The number of hydrogen-bond acceptors (Lipinski definition) is 5. The van der Waals surface area contributed by atoms with Crippen LogP contribution < -0.4 is 4.74 Å². The van der Waals surface area contributed by atoms with E-state index in [9.17, 15) is 4.79 Å². The molecule has 1 atom stereocenters. The van der Waals surface area contributed by atoms with Gasteiger partial charge >= 0.3 is 0 Å². The van der Waals surface area contributed by atoms with Gasteiger partial charge in [-0.3, -0.25) is 9.69 Å². The van der Waals surface area contributed by atoms with Crippen LogP contribution in [0.2, 0.25) is 5.02 Å². The molecule has 1 fully saturated rings. The molecule has 3 rings (SSSR count). The zero-order valence-corrected chi connectivity index (χ0v) is 16.7. The fraction of sp³-hybridized carbons (Fsp3) is 0.250. The van der Waals surface area contributed by atoms with Crippen LogP contribution in [0.4, 0.5) is 0 Å². The summed E-state index contributed by atoms with van der Waals surface area (Å²) in [5, 5.41) is 9.63. The molecular weight excluding hydrogens is 382 g/mol. The quantitative estimate of drug-likeness (QED) is 0.525. The van der Waals surface area contributed by atoms with Gasteiger partial charge in [0.1, 0.15) is 5.75 Å². The molecule has 5 nitrogen and oxygen atoms in total. The smallest absolute Gasteiger partial charge is 0.242 e. The van der Waals surface area contributed by atoms with Crippen LogP contribution >= 0.6 is 23.4 Å². The van der Waals surface area contributed by atoms with E-state index < -0.39 is 0 Å². The molecule has 2 aromatic carbocycles. The molecule has 0 spiro atoms. The van der Waals surface area contributed by atoms with Crippen molar-refractivity contribution in [3.8, 4) is 5.75 Å². The van der Waals surface area contributed by atoms with E-state index in [0.29, 0.717) is 16.7 Å². The lowest BCUT2D eigenvalue weighted by Gasteiger charge is -2.16. The zero-order valence-electron chi connectivity index (χ0n) is 15.1. The van der Waals surface area contributed by atoms with Crippen molar-refractivity contribution < 1.29 is 9.53 Å². The van der Waals surface area contributed by atoms with Crippen molar-refractivity contribution in [1.29, 1.82) is 0 Å². The van der Waals surface area contributed by atoms with Gasteiger partial charge in [-0.1, -0.05) is 54.6 Å². The van der Waals surface area contributed by atoms with Crippen molar-refractivity contribution in [2.24, 2.45) is 10.2 Å². The first kappa shape index (κ1) is 19.5. The van der Waals surface area contributed by atoms with E-state index in [1.54, 1.807) is 30.4 Å². The molecule has 140 valence electrons. The fourth-order valence-electron chi connectivity index (χ4n) is 2.60. The molecule has 0 bridgehead atoms. The van der Waals surface area contributed by atoms with E-state index >= 15 is 0 Å². The lowest BCUT2D eigenvalue weighted by Crippen LogP contribution is -2.31. The maximum Gasteiger partial charge on any atom is 0.242 e. The first-order valence-corrected chi connectivity index (χ1v) is 9.84. The number of ether oxygens (including phenoxy) is 1. The lowest BCUT2D eigenvalue weighted by atomic mass is 10.2. The highest BCUT2D eigenvalue weighted by atomic mass is 35.5. The Morgan fingerprint density at radius 1 is 1.19 bits per heavy atom. The van der Waals surface area contributed by atoms with Crippen LogP contribution in [0.1, 0.15) is 24.5 Å². The highest BCUT2D eigenvalue weighted by Crippen LogP contribution is 2.31. The molecule has 0 unspecified atom stereocenters. The maximum absolute atomic E-state index is 12.7. The van der Waals surface area contributed by atoms with Gasteiger partial charge < -0.3 is 4.74 Å². The van der Waals surface area contributed by atoms with E-state index in [1.165, 1.54) is 11.8 Å². The van der Waals surface area contributed by atoms with Crippen LogP contribution in [-0.4, -0.2) is 34.5 Å². The standard InChI is InChI=1S/C20H20ClN3O2S/c1-3-18-19(25)24(13-15-6-10-17(26-2)11-7-15)20(27-18)23-22-12-14-4-8-16(21)9-5-14/h4-12,18H,3,13H2,1-2H3/b22-12-,23-20-/t18-/m0/s1. The molecule has 1 saturated heterocycles. The van der Waals surface area contributed by atoms with E-state index in [2.05, 4.69) is 10.2 Å². The van der Waals surface area contributed by atoms with Gasteiger partial charge in [0.2, 0.25) is 5.91 Å². The number of methoxy groups -OCH3 is 1. The first-order chi connectivity index (χ1) is 13.1. The van der Waals surface area contributed by atoms with Gasteiger partial charge in [0.15, 0.2) is 5.17 Å². The summed E-state index contributed by atoms with van der Waals surface area (Å²) in [4.78, 5) is 14.4. The van der Waals surface area contributed by atoms with Crippen LogP contribution in [0.15, 0.2) is 58.7 Å². The molecule has 1 aliphatic rings. The van der Waals surface area contributed by atoms with Gasteiger partial charge in [0.25, 0.3) is 0 Å². The minimum absolute atomic E-state index is 0.0683. The zero-order chi connectivity index (χ0) is 19.2. The van der Waals surface area contributed by atoms with Crippen molar-refractivity contribution in [3.05, 3.63) is 64.7 Å². The summed E-state index contributed by atoms with van der Waals surface area (Å²) < 4.78 is 5.18. The Bertz CT molecular complexity index is 851. The van der Waals surface area contributed by atoms with Gasteiger partial charge in [-0.25, -0.2) is 0 Å². The number of hydrogen-bond donors (Lipinski definition) is 0. The number of carbonyl (C=O) groups excluding carboxylic acids is 1. The normalized spacial score (nSPS) is 18.6. The van der Waals surface area contributed by atoms with Gasteiger partial charge in [0, 0.05) is 5.02 Å². The highest BCUT2D eigenvalue weighted by Gasteiger charge is 2.36. The molecule has 27 heavy (non-hydrogen) atoms. The molecule has 0 radical (unpaired) electrons. The van der Waals surface area contributed by atoms with E-state index in [1.807, 2.05) is 43.3 Å². The Balaban J connectivity index is 1.77. The maximum atomic E-state index is 12.7. The summed E-state index contributed by atoms with van der Waals surface area (Å²) in [6, 6.07) is 15.0. The third kappa shape index (κ3) is 4.90. The predicted molar refractivity (Wildman–Crippen MR) is 112 cm³/mol. The number of benzene rings is 2. The van der Waals surface area contributed by atoms with Crippen LogP contribution in [0.25, 0.3) is 0 Å². The van der Waals surface area contributed by atoms with Crippen molar-refractivity contribution in [3.63, 3.8) is 0 Å². The molecule has 2 aromatic rings. The molecule has 1 amide bonds. The Hall–Kier alpha value is -2.31. The third-order valence-corrected chi connectivity index (χ3v) is 5.69. The van der Waals surface area contributed by atoms with Crippen LogP contribution in [0.5, 0.6) is 5.75 Å². The second-order valence-electron chi connectivity index (χ2n) is 5.97. The van der Waals surface area contributed by atoms with E-state index in [4.69, 9.17) is 16.3 Å². The summed E-state index contributed by atoms with van der Waals surface area (Å²) in [6.45, 7) is 2.46. The number of thioether (sulfide) groups is 1.